The van der Waals surface area contributed by atoms with Crippen molar-refractivity contribution in [2.45, 2.75) is 52.4 Å². The lowest BCUT2D eigenvalue weighted by Gasteiger charge is -2.05. The number of hydrogen-bond donors (Lipinski definition) is 1. The summed E-state index contributed by atoms with van der Waals surface area (Å²) in [7, 11) is 0. The van der Waals surface area contributed by atoms with Gasteiger partial charge in [0, 0.05) is 6.42 Å². The van der Waals surface area contributed by atoms with Gasteiger partial charge in [0.1, 0.15) is 5.75 Å². The minimum atomic E-state index is -0.392. The van der Waals surface area contributed by atoms with Gasteiger partial charge >= 0.3 is 5.97 Å². The number of hydrogen-bond acceptors (Lipinski definition) is 4. The van der Waals surface area contributed by atoms with E-state index in [2.05, 4.69) is 17.5 Å². The van der Waals surface area contributed by atoms with Crippen LogP contribution in [-0.4, -0.2) is 18.1 Å². The third kappa shape index (κ3) is 7.74. The fourth-order valence-electron chi connectivity index (χ4n) is 2.68. The zero-order valence-electron chi connectivity index (χ0n) is 16.6. The first-order chi connectivity index (χ1) is 13.6. The highest BCUT2D eigenvalue weighted by Gasteiger charge is 2.08. The number of nitrogens with one attached hydrogen (secondary N) is 1. The standard InChI is InChI=1S/C23H28N2O3/c1-3-4-5-6-7-11-22(26)25-24-17-19-12-14-21(15-13-19)28-23(27)20-10-8-9-18(2)16-20/h8-10,12-17H,3-7,11H2,1-2H3,(H,25,26)/b24-17+. The van der Waals surface area contributed by atoms with E-state index in [1.165, 1.54) is 19.3 Å². The van der Waals surface area contributed by atoms with Gasteiger partial charge in [-0.25, -0.2) is 10.2 Å². The molecule has 0 unspecified atom stereocenters. The molecule has 1 amide bonds. The van der Waals surface area contributed by atoms with Crippen molar-refractivity contribution in [3.05, 3.63) is 65.2 Å². The molecule has 0 fully saturated rings. The molecule has 2 rings (SSSR count). The predicted molar refractivity (Wildman–Crippen MR) is 112 cm³/mol. The number of amides is 1. The second-order valence-corrected chi connectivity index (χ2v) is 6.79. The van der Waals surface area contributed by atoms with E-state index >= 15 is 0 Å². The van der Waals surface area contributed by atoms with Gasteiger partial charge in [-0.3, -0.25) is 4.79 Å². The van der Waals surface area contributed by atoms with Crippen LogP contribution < -0.4 is 10.2 Å². The van der Waals surface area contributed by atoms with Crippen LogP contribution in [0.1, 0.15) is 66.9 Å². The Morgan fingerprint density at radius 2 is 1.79 bits per heavy atom. The van der Waals surface area contributed by atoms with Crippen LogP contribution in [0.3, 0.4) is 0 Å². The molecule has 0 spiro atoms. The Hall–Kier alpha value is -2.95. The number of rotatable bonds is 10. The van der Waals surface area contributed by atoms with E-state index < -0.39 is 5.97 Å². The maximum atomic E-state index is 12.1. The number of esters is 1. The third-order valence-corrected chi connectivity index (χ3v) is 4.25. The Morgan fingerprint density at radius 3 is 2.50 bits per heavy atom. The Labute approximate surface area is 166 Å². The van der Waals surface area contributed by atoms with Crippen LogP contribution >= 0.6 is 0 Å². The lowest BCUT2D eigenvalue weighted by Crippen LogP contribution is -2.16. The lowest BCUT2D eigenvalue weighted by molar-refractivity contribution is -0.121. The highest BCUT2D eigenvalue weighted by molar-refractivity contribution is 5.91. The number of hydrazone groups is 1. The SMILES string of the molecule is CCCCCCCC(=O)N/N=C/c1ccc(OC(=O)c2cccc(C)c2)cc1. The normalized spacial score (nSPS) is 10.8. The minimum absolute atomic E-state index is 0.0727. The predicted octanol–water partition coefficient (Wildman–Crippen LogP) is 5.02. The second kappa shape index (κ2) is 11.7. The van der Waals surface area contributed by atoms with Gasteiger partial charge < -0.3 is 4.74 Å². The van der Waals surface area contributed by atoms with Crippen molar-refractivity contribution in [2.75, 3.05) is 0 Å². The fraction of sp³-hybridized carbons (Fsp3) is 0.348. The monoisotopic (exact) mass is 380 g/mol. The van der Waals surface area contributed by atoms with Crippen molar-refractivity contribution in [2.24, 2.45) is 5.10 Å². The minimum Gasteiger partial charge on any atom is -0.423 e. The molecule has 0 bridgehead atoms. The van der Waals surface area contributed by atoms with Gasteiger partial charge in [0.25, 0.3) is 0 Å². The van der Waals surface area contributed by atoms with Crippen LogP contribution in [0.2, 0.25) is 0 Å². The summed E-state index contributed by atoms with van der Waals surface area (Å²) in [6.07, 6.45) is 7.62. The molecule has 0 heterocycles. The summed E-state index contributed by atoms with van der Waals surface area (Å²) < 4.78 is 5.37. The lowest BCUT2D eigenvalue weighted by atomic mass is 10.1. The van der Waals surface area contributed by atoms with Crippen LogP contribution in [0.4, 0.5) is 0 Å². The average Bonchev–Trinajstić information content (AvgIpc) is 2.69. The number of aryl methyl sites for hydroxylation is 1. The van der Waals surface area contributed by atoms with Crippen molar-refractivity contribution >= 4 is 18.1 Å². The summed E-state index contributed by atoms with van der Waals surface area (Å²) in [6.45, 7) is 4.10. The van der Waals surface area contributed by atoms with Crippen molar-refractivity contribution < 1.29 is 14.3 Å². The van der Waals surface area contributed by atoms with Crippen LogP contribution in [0.5, 0.6) is 5.75 Å². The molecular formula is C23H28N2O3. The first-order valence-electron chi connectivity index (χ1n) is 9.79. The molecule has 5 nitrogen and oxygen atoms in total. The molecule has 0 saturated carbocycles. The zero-order valence-corrected chi connectivity index (χ0v) is 16.6. The summed E-state index contributed by atoms with van der Waals surface area (Å²) >= 11 is 0. The van der Waals surface area contributed by atoms with Crippen molar-refractivity contribution in [1.29, 1.82) is 0 Å². The molecule has 148 valence electrons. The van der Waals surface area contributed by atoms with Crippen molar-refractivity contribution in [3.63, 3.8) is 0 Å². The molecule has 1 N–H and O–H groups in total. The molecule has 0 saturated heterocycles. The molecule has 0 aromatic heterocycles. The molecule has 5 heteroatoms. The van der Waals surface area contributed by atoms with Gasteiger partial charge in [0.2, 0.25) is 5.91 Å². The maximum absolute atomic E-state index is 12.1. The average molecular weight is 380 g/mol. The molecule has 2 aromatic rings. The molecule has 2 aromatic carbocycles. The highest BCUT2D eigenvalue weighted by Crippen LogP contribution is 2.14. The van der Waals surface area contributed by atoms with E-state index in [1.807, 2.05) is 19.1 Å². The maximum Gasteiger partial charge on any atom is 0.343 e. The van der Waals surface area contributed by atoms with E-state index in [9.17, 15) is 9.59 Å². The summed E-state index contributed by atoms with van der Waals surface area (Å²) in [5, 5.41) is 3.97. The summed E-state index contributed by atoms with van der Waals surface area (Å²) in [4.78, 5) is 23.9. The smallest absolute Gasteiger partial charge is 0.343 e. The Morgan fingerprint density at radius 1 is 1.04 bits per heavy atom. The number of carbonyl (C=O) groups is 2. The molecule has 0 atom stereocenters. The molecule has 0 aliphatic carbocycles. The van der Waals surface area contributed by atoms with Crippen LogP contribution in [0.15, 0.2) is 53.6 Å². The Bertz CT molecular complexity index is 798. The molecular weight excluding hydrogens is 352 g/mol. The Balaban J connectivity index is 1.76. The van der Waals surface area contributed by atoms with Gasteiger partial charge in [0.15, 0.2) is 0 Å². The number of benzene rings is 2. The number of carbonyl (C=O) groups excluding carboxylic acids is 2. The number of unbranched alkanes of at least 4 members (excludes halogenated alkanes) is 4. The van der Waals surface area contributed by atoms with Gasteiger partial charge in [-0.05, 0) is 55.3 Å². The van der Waals surface area contributed by atoms with Crippen LogP contribution in [0, 0.1) is 6.92 Å². The van der Waals surface area contributed by atoms with Crippen molar-refractivity contribution in [1.82, 2.24) is 5.43 Å². The third-order valence-electron chi connectivity index (χ3n) is 4.25. The van der Waals surface area contributed by atoms with Crippen molar-refractivity contribution in [3.8, 4) is 5.75 Å². The number of ether oxygens (including phenoxy) is 1. The quantitative estimate of drug-likeness (QED) is 0.207. The number of nitrogens with zero attached hydrogens (tertiary/aromatic N) is 1. The second-order valence-electron chi connectivity index (χ2n) is 6.79. The molecule has 0 aliphatic rings. The topological polar surface area (TPSA) is 67.8 Å². The van der Waals surface area contributed by atoms with Gasteiger partial charge in [0.05, 0.1) is 11.8 Å². The summed E-state index contributed by atoms with van der Waals surface area (Å²) in [5.74, 6) is -0.00691. The first kappa shape index (κ1) is 21.4. The fourth-order valence-corrected chi connectivity index (χ4v) is 2.68. The Kier molecular flexibility index (Phi) is 8.92. The van der Waals surface area contributed by atoms with Gasteiger partial charge in [-0.2, -0.15) is 5.10 Å². The van der Waals surface area contributed by atoms with Gasteiger partial charge in [-0.15, -0.1) is 0 Å². The molecule has 28 heavy (non-hydrogen) atoms. The summed E-state index contributed by atoms with van der Waals surface area (Å²) in [6, 6.07) is 14.2. The van der Waals surface area contributed by atoms with E-state index in [0.29, 0.717) is 17.7 Å². The zero-order chi connectivity index (χ0) is 20.2. The highest BCUT2D eigenvalue weighted by atomic mass is 16.5. The molecule has 0 aliphatic heterocycles. The van der Waals surface area contributed by atoms with Gasteiger partial charge in [-0.1, -0.05) is 50.3 Å². The largest absolute Gasteiger partial charge is 0.423 e. The van der Waals surface area contributed by atoms with Crippen LogP contribution in [0.25, 0.3) is 0 Å². The van der Waals surface area contributed by atoms with E-state index in [1.54, 1.807) is 42.6 Å². The van der Waals surface area contributed by atoms with E-state index in [-0.39, 0.29) is 5.91 Å². The first-order valence-corrected chi connectivity index (χ1v) is 9.79. The molecule has 0 radical (unpaired) electrons. The van der Waals surface area contributed by atoms with E-state index in [4.69, 9.17) is 4.74 Å². The van der Waals surface area contributed by atoms with Crippen LogP contribution in [-0.2, 0) is 4.79 Å². The summed E-state index contributed by atoms with van der Waals surface area (Å²) in [5.41, 5.74) is 4.87. The van der Waals surface area contributed by atoms with E-state index in [0.717, 1.165) is 24.0 Å².